The van der Waals surface area contributed by atoms with Crippen LogP contribution in [0.1, 0.15) is 26.7 Å². The van der Waals surface area contributed by atoms with Crippen molar-refractivity contribution in [2.45, 2.75) is 31.9 Å². The van der Waals surface area contributed by atoms with Gasteiger partial charge in [-0.05, 0) is 38.3 Å². The molecule has 0 spiro atoms. The van der Waals surface area contributed by atoms with Gasteiger partial charge in [-0.25, -0.2) is 4.79 Å². The average Bonchev–Trinajstić information content (AvgIpc) is 2.45. The molecule has 2 aliphatic rings. The molecule has 0 saturated carbocycles. The van der Waals surface area contributed by atoms with Crippen LogP contribution in [0.15, 0.2) is 0 Å². The summed E-state index contributed by atoms with van der Waals surface area (Å²) in [5.74, 6) is 2.34. The van der Waals surface area contributed by atoms with Crippen LogP contribution in [0, 0.1) is 11.8 Å². The fraction of sp³-hybridized carbons (Fsp3) is 0.933. The van der Waals surface area contributed by atoms with Crippen molar-refractivity contribution in [1.82, 2.24) is 15.1 Å². The molecule has 2 amide bonds. The van der Waals surface area contributed by atoms with Gasteiger partial charge in [0.25, 0.3) is 0 Å². The number of amides is 2. The Labute approximate surface area is 127 Å². The standard InChI is InChI=1S/C15H29N3OS/c1-12(2)14-11-18(7-8-20-14)15(19)16-9-13-5-4-6-17(3)10-13/h12-14H,4-11H2,1-3H3,(H,16,19). The number of urea groups is 1. The Hall–Kier alpha value is -0.420. The van der Waals surface area contributed by atoms with Gasteiger partial charge in [0.15, 0.2) is 0 Å². The van der Waals surface area contributed by atoms with Gasteiger partial charge in [-0.3, -0.25) is 0 Å². The number of likely N-dealkylation sites (tertiary alicyclic amines) is 1. The number of carbonyl (C=O) groups is 1. The Bertz CT molecular complexity index is 324. The number of nitrogens with zero attached hydrogens (tertiary/aromatic N) is 2. The predicted octanol–water partition coefficient (Wildman–Crippen LogP) is 2.11. The van der Waals surface area contributed by atoms with E-state index in [0.29, 0.717) is 17.1 Å². The van der Waals surface area contributed by atoms with Crippen molar-refractivity contribution in [3.8, 4) is 0 Å². The number of hydrogen-bond acceptors (Lipinski definition) is 3. The van der Waals surface area contributed by atoms with Gasteiger partial charge < -0.3 is 15.1 Å². The lowest BCUT2D eigenvalue weighted by atomic mass is 9.98. The Kier molecular flexibility index (Phi) is 6.02. The zero-order valence-corrected chi connectivity index (χ0v) is 13.9. The van der Waals surface area contributed by atoms with Crippen LogP contribution in [-0.2, 0) is 0 Å². The molecule has 20 heavy (non-hydrogen) atoms. The number of hydrogen-bond donors (Lipinski definition) is 1. The van der Waals surface area contributed by atoms with Gasteiger partial charge in [-0.2, -0.15) is 11.8 Å². The van der Waals surface area contributed by atoms with Crippen LogP contribution >= 0.6 is 11.8 Å². The summed E-state index contributed by atoms with van der Waals surface area (Å²) < 4.78 is 0. The molecule has 2 saturated heterocycles. The highest BCUT2D eigenvalue weighted by Gasteiger charge is 2.26. The summed E-state index contributed by atoms with van der Waals surface area (Å²) >= 11 is 2.01. The molecule has 2 unspecified atom stereocenters. The molecule has 0 aromatic heterocycles. The van der Waals surface area contributed by atoms with E-state index < -0.39 is 0 Å². The Morgan fingerprint density at radius 3 is 2.85 bits per heavy atom. The van der Waals surface area contributed by atoms with Crippen molar-refractivity contribution in [3.05, 3.63) is 0 Å². The summed E-state index contributed by atoms with van der Waals surface area (Å²) in [6, 6.07) is 0.143. The van der Waals surface area contributed by atoms with Crippen LogP contribution in [0.25, 0.3) is 0 Å². The fourth-order valence-electron chi connectivity index (χ4n) is 3.05. The molecule has 2 rings (SSSR count). The summed E-state index contributed by atoms with van der Waals surface area (Å²) in [6.07, 6.45) is 2.50. The molecular weight excluding hydrogens is 270 g/mol. The van der Waals surface area contributed by atoms with Crippen molar-refractivity contribution in [2.24, 2.45) is 11.8 Å². The first-order valence-electron chi connectivity index (χ1n) is 7.89. The highest BCUT2D eigenvalue weighted by molar-refractivity contribution is 8.00. The summed E-state index contributed by atoms with van der Waals surface area (Å²) in [6.45, 7) is 9.44. The molecule has 116 valence electrons. The normalized spacial score (nSPS) is 28.7. The van der Waals surface area contributed by atoms with Crippen LogP contribution < -0.4 is 5.32 Å². The van der Waals surface area contributed by atoms with Crippen LogP contribution in [0.3, 0.4) is 0 Å². The van der Waals surface area contributed by atoms with E-state index in [9.17, 15) is 4.79 Å². The molecule has 0 radical (unpaired) electrons. The van der Waals surface area contributed by atoms with E-state index >= 15 is 0 Å². The molecule has 0 bridgehead atoms. The van der Waals surface area contributed by atoms with Gasteiger partial charge in [0, 0.05) is 37.2 Å². The molecule has 2 heterocycles. The second-order valence-corrected chi connectivity index (χ2v) is 7.90. The van der Waals surface area contributed by atoms with Crippen LogP contribution in [0.2, 0.25) is 0 Å². The van der Waals surface area contributed by atoms with Crippen molar-refractivity contribution < 1.29 is 4.79 Å². The third kappa shape index (κ3) is 4.55. The fourth-order valence-corrected chi connectivity index (χ4v) is 4.35. The van der Waals surface area contributed by atoms with Crippen molar-refractivity contribution in [2.75, 3.05) is 45.5 Å². The van der Waals surface area contributed by atoms with E-state index in [4.69, 9.17) is 0 Å². The van der Waals surface area contributed by atoms with Crippen LogP contribution in [-0.4, -0.2) is 66.6 Å². The third-order valence-electron chi connectivity index (χ3n) is 4.39. The number of carbonyl (C=O) groups excluding carboxylic acids is 1. The lowest BCUT2D eigenvalue weighted by molar-refractivity contribution is 0.182. The molecule has 5 heteroatoms. The van der Waals surface area contributed by atoms with Gasteiger partial charge in [0.1, 0.15) is 0 Å². The lowest BCUT2D eigenvalue weighted by Gasteiger charge is -2.35. The first kappa shape index (κ1) is 16.0. The first-order valence-corrected chi connectivity index (χ1v) is 8.94. The third-order valence-corrected chi connectivity index (χ3v) is 5.93. The zero-order chi connectivity index (χ0) is 14.5. The average molecular weight is 299 g/mol. The molecule has 2 atom stereocenters. The zero-order valence-electron chi connectivity index (χ0n) is 13.1. The summed E-state index contributed by atoms with van der Waals surface area (Å²) in [4.78, 5) is 16.7. The Morgan fingerprint density at radius 1 is 1.35 bits per heavy atom. The minimum absolute atomic E-state index is 0.143. The number of thioether (sulfide) groups is 1. The largest absolute Gasteiger partial charge is 0.338 e. The number of rotatable bonds is 3. The summed E-state index contributed by atoms with van der Waals surface area (Å²) in [5, 5.41) is 3.75. The molecular formula is C15H29N3OS. The minimum atomic E-state index is 0.143. The predicted molar refractivity (Wildman–Crippen MR) is 86.3 cm³/mol. The van der Waals surface area contributed by atoms with E-state index in [1.807, 2.05) is 16.7 Å². The highest BCUT2D eigenvalue weighted by atomic mass is 32.2. The molecule has 0 aliphatic carbocycles. The number of nitrogens with one attached hydrogen (secondary N) is 1. The van der Waals surface area contributed by atoms with E-state index in [-0.39, 0.29) is 6.03 Å². The van der Waals surface area contributed by atoms with Crippen LogP contribution in [0.4, 0.5) is 4.79 Å². The monoisotopic (exact) mass is 299 g/mol. The van der Waals surface area contributed by atoms with Gasteiger partial charge in [-0.1, -0.05) is 13.8 Å². The van der Waals surface area contributed by atoms with Gasteiger partial charge in [0.2, 0.25) is 0 Å². The maximum absolute atomic E-state index is 12.3. The Balaban J connectivity index is 1.73. The van der Waals surface area contributed by atoms with Crippen molar-refractivity contribution in [3.63, 3.8) is 0 Å². The quantitative estimate of drug-likeness (QED) is 0.867. The SMILES string of the molecule is CC(C)C1CN(C(=O)NCC2CCCN(C)C2)CCS1. The maximum atomic E-state index is 12.3. The van der Waals surface area contributed by atoms with E-state index in [1.54, 1.807) is 0 Å². The Morgan fingerprint density at radius 2 is 2.15 bits per heavy atom. The lowest BCUT2D eigenvalue weighted by Crippen LogP contribution is -2.49. The molecule has 0 aromatic carbocycles. The topological polar surface area (TPSA) is 35.6 Å². The van der Waals surface area contributed by atoms with Gasteiger partial charge in [0.05, 0.1) is 0 Å². The second-order valence-electron chi connectivity index (χ2n) is 6.56. The number of piperidine rings is 1. The van der Waals surface area contributed by atoms with Gasteiger partial charge in [-0.15, -0.1) is 0 Å². The molecule has 2 fully saturated rings. The summed E-state index contributed by atoms with van der Waals surface area (Å²) in [5.41, 5.74) is 0. The van der Waals surface area contributed by atoms with E-state index in [1.165, 1.54) is 19.4 Å². The molecule has 0 aromatic rings. The van der Waals surface area contributed by atoms with Crippen molar-refractivity contribution in [1.29, 1.82) is 0 Å². The highest BCUT2D eigenvalue weighted by Crippen LogP contribution is 2.24. The van der Waals surface area contributed by atoms with Crippen molar-refractivity contribution >= 4 is 17.8 Å². The second kappa shape index (κ2) is 7.55. The summed E-state index contributed by atoms with van der Waals surface area (Å²) in [7, 11) is 2.17. The molecule has 1 N–H and O–H groups in total. The molecule has 2 aliphatic heterocycles. The smallest absolute Gasteiger partial charge is 0.317 e. The van der Waals surface area contributed by atoms with Gasteiger partial charge >= 0.3 is 6.03 Å². The van der Waals surface area contributed by atoms with E-state index in [2.05, 4.69) is 31.1 Å². The maximum Gasteiger partial charge on any atom is 0.317 e. The first-order chi connectivity index (χ1) is 9.56. The van der Waals surface area contributed by atoms with E-state index in [0.717, 1.165) is 31.9 Å². The minimum Gasteiger partial charge on any atom is -0.338 e. The molecule has 4 nitrogen and oxygen atoms in total. The van der Waals surface area contributed by atoms with Crippen LogP contribution in [0.5, 0.6) is 0 Å².